The van der Waals surface area contributed by atoms with Gasteiger partial charge in [-0.25, -0.2) is 0 Å². The maximum Gasteiger partial charge on any atom is 0.187 e. The first-order valence-electron chi connectivity index (χ1n) is 5.91. The first-order chi connectivity index (χ1) is 7.75. The van der Waals surface area contributed by atoms with E-state index in [1.54, 1.807) is 12.4 Å². The number of carbonyl (C=O) groups excluding carboxylic acids is 1. The van der Waals surface area contributed by atoms with Crippen LogP contribution in [-0.2, 0) is 0 Å². The molecule has 0 amide bonds. The minimum absolute atomic E-state index is 0.105. The van der Waals surface area contributed by atoms with Crippen LogP contribution in [0.3, 0.4) is 0 Å². The summed E-state index contributed by atoms with van der Waals surface area (Å²) in [5.41, 5.74) is 3.05. The fraction of sp³-hybridized carbons (Fsp3) is 0.429. The maximum atomic E-state index is 11.9. The summed E-state index contributed by atoms with van der Waals surface area (Å²) in [4.78, 5) is 16.0. The predicted molar refractivity (Wildman–Crippen MR) is 64.5 cm³/mol. The summed E-state index contributed by atoms with van der Waals surface area (Å²) in [6.07, 6.45) is 11.2. The van der Waals surface area contributed by atoms with Crippen molar-refractivity contribution in [1.29, 1.82) is 0 Å². The molecule has 1 aliphatic rings. The highest BCUT2D eigenvalue weighted by atomic mass is 16.1. The first-order valence-corrected chi connectivity index (χ1v) is 5.91. The van der Waals surface area contributed by atoms with E-state index in [-0.39, 0.29) is 5.78 Å². The highest BCUT2D eigenvalue weighted by Gasteiger charge is 2.09. The number of ketones is 1. The summed E-state index contributed by atoms with van der Waals surface area (Å²) in [5, 5.41) is 0. The molecule has 84 valence electrons. The number of aryl methyl sites for hydroxylation is 1. The Morgan fingerprint density at radius 3 is 2.69 bits per heavy atom. The molecule has 16 heavy (non-hydrogen) atoms. The molecule has 2 rings (SSSR count). The van der Waals surface area contributed by atoms with E-state index in [1.807, 2.05) is 19.1 Å². The first kappa shape index (κ1) is 11.1. The lowest BCUT2D eigenvalue weighted by Gasteiger charge is -2.12. The van der Waals surface area contributed by atoms with Crippen molar-refractivity contribution < 1.29 is 4.79 Å². The van der Waals surface area contributed by atoms with Gasteiger partial charge in [0.2, 0.25) is 0 Å². The second kappa shape index (κ2) is 5.06. The van der Waals surface area contributed by atoms with Crippen molar-refractivity contribution in [3.63, 3.8) is 0 Å². The topological polar surface area (TPSA) is 30.0 Å². The normalized spacial score (nSPS) is 15.9. The van der Waals surface area contributed by atoms with Crippen LogP contribution in [0.1, 0.15) is 48.0 Å². The Morgan fingerprint density at radius 1 is 1.25 bits per heavy atom. The van der Waals surface area contributed by atoms with Crippen LogP contribution in [0.4, 0.5) is 0 Å². The van der Waals surface area contributed by atoms with Gasteiger partial charge in [0.1, 0.15) is 0 Å². The number of pyridine rings is 1. The van der Waals surface area contributed by atoms with Crippen LogP contribution >= 0.6 is 0 Å². The Labute approximate surface area is 96.4 Å². The predicted octanol–water partition coefficient (Wildman–Crippen LogP) is 3.46. The Balaban J connectivity index is 2.13. The second-order valence-corrected chi connectivity index (χ2v) is 4.48. The number of hydrogen-bond acceptors (Lipinski definition) is 2. The molecule has 2 heteroatoms. The Bertz CT molecular complexity index is 412. The number of rotatable bonds is 2. The molecule has 0 aliphatic heterocycles. The van der Waals surface area contributed by atoms with Crippen molar-refractivity contribution in [2.45, 2.75) is 39.0 Å². The van der Waals surface area contributed by atoms with E-state index < -0.39 is 0 Å². The van der Waals surface area contributed by atoms with Gasteiger partial charge in [-0.3, -0.25) is 9.78 Å². The van der Waals surface area contributed by atoms with Gasteiger partial charge in [-0.15, -0.1) is 0 Å². The second-order valence-electron chi connectivity index (χ2n) is 4.48. The number of nitrogens with zero attached hydrogens (tertiary/aromatic N) is 1. The molecule has 0 N–H and O–H groups in total. The fourth-order valence-corrected chi connectivity index (χ4v) is 2.11. The van der Waals surface area contributed by atoms with Gasteiger partial charge in [0, 0.05) is 18.0 Å². The lowest BCUT2D eigenvalue weighted by molar-refractivity contribution is 0.104. The van der Waals surface area contributed by atoms with E-state index in [0.717, 1.165) is 18.4 Å². The van der Waals surface area contributed by atoms with Crippen LogP contribution in [0.5, 0.6) is 0 Å². The monoisotopic (exact) mass is 215 g/mol. The molecule has 0 unspecified atom stereocenters. The van der Waals surface area contributed by atoms with Crippen molar-refractivity contribution in [2.24, 2.45) is 0 Å². The SMILES string of the molecule is Cc1cncc(C(=O)C=C2CCCCC2)c1. The minimum Gasteiger partial charge on any atom is -0.289 e. The van der Waals surface area contributed by atoms with Gasteiger partial charge in [-0.2, -0.15) is 0 Å². The molecule has 0 radical (unpaired) electrons. The van der Waals surface area contributed by atoms with Gasteiger partial charge < -0.3 is 0 Å². The van der Waals surface area contributed by atoms with Gasteiger partial charge in [-0.05, 0) is 50.3 Å². The molecule has 1 aromatic heterocycles. The molecule has 0 bridgehead atoms. The minimum atomic E-state index is 0.105. The highest BCUT2D eigenvalue weighted by molar-refractivity contribution is 6.04. The molecule has 1 aliphatic carbocycles. The largest absolute Gasteiger partial charge is 0.289 e. The average molecular weight is 215 g/mol. The summed E-state index contributed by atoms with van der Waals surface area (Å²) in [5.74, 6) is 0.105. The van der Waals surface area contributed by atoms with E-state index >= 15 is 0 Å². The smallest absolute Gasteiger partial charge is 0.187 e. The van der Waals surface area contributed by atoms with Gasteiger partial charge in [0.05, 0.1) is 0 Å². The van der Waals surface area contributed by atoms with Crippen LogP contribution in [-0.4, -0.2) is 10.8 Å². The Hall–Kier alpha value is -1.44. The number of carbonyl (C=O) groups is 1. The third kappa shape index (κ3) is 2.78. The molecular formula is C14H17NO. The lowest BCUT2D eigenvalue weighted by atomic mass is 9.93. The van der Waals surface area contributed by atoms with Crippen molar-refractivity contribution in [3.8, 4) is 0 Å². The fourth-order valence-electron chi connectivity index (χ4n) is 2.11. The Kier molecular flexibility index (Phi) is 3.50. The standard InChI is InChI=1S/C14H17NO/c1-11-7-13(10-15-9-11)14(16)8-12-5-3-2-4-6-12/h7-10H,2-6H2,1H3. The van der Waals surface area contributed by atoms with E-state index in [2.05, 4.69) is 4.98 Å². The van der Waals surface area contributed by atoms with Gasteiger partial charge in [0.15, 0.2) is 5.78 Å². The molecule has 1 fully saturated rings. The zero-order valence-electron chi connectivity index (χ0n) is 9.70. The van der Waals surface area contributed by atoms with Crippen molar-refractivity contribution in [1.82, 2.24) is 4.98 Å². The van der Waals surface area contributed by atoms with E-state index in [1.165, 1.54) is 24.8 Å². The summed E-state index contributed by atoms with van der Waals surface area (Å²) >= 11 is 0. The molecule has 0 aromatic carbocycles. The van der Waals surface area contributed by atoms with Crippen LogP contribution in [0.25, 0.3) is 0 Å². The van der Waals surface area contributed by atoms with Crippen molar-refractivity contribution in [2.75, 3.05) is 0 Å². The van der Waals surface area contributed by atoms with Crippen LogP contribution in [0.15, 0.2) is 30.1 Å². The lowest BCUT2D eigenvalue weighted by Crippen LogP contribution is -2.01. The molecule has 1 aromatic rings. The number of allylic oxidation sites excluding steroid dienone is 2. The molecule has 1 saturated carbocycles. The zero-order valence-corrected chi connectivity index (χ0v) is 9.70. The highest BCUT2D eigenvalue weighted by Crippen LogP contribution is 2.23. The Morgan fingerprint density at radius 2 is 2.00 bits per heavy atom. The van der Waals surface area contributed by atoms with Gasteiger partial charge >= 0.3 is 0 Å². The van der Waals surface area contributed by atoms with Gasteiger partial charge in [-0.1, -0.05) is 12.0 Å². The average Bonchev–Trinajstić information content (AvgIpc) is 2.30. The van der Waals surface area contributed by atoms with Crippen molar-refractivity contribution in [3.05, 3.63) is 41.2 Å². The maximum absolute atomic E-state index is 11.9. The zero-order chi connectivity index (χ0) is 11.4. The van der Waals surface area contributed by atoms with Gasteiger partial charge in [0.25, 0.3) is 0 Å². The van der Waals surface area contributed by atoms with Crippen LogP contribution in [0.2, 0.25) is 0 Å². The van der Waals surface area contributed by atoms with E-state index in [4.69, 9.17) is 0 Å². The quantitative estimate of drug-likeness (QED) is 0.558. The molecule has 1 heterocycles. The summed E-state index contributed by atoms with van der Waals surface area (Å²) in [6.45, 7) is 1.96. The van der Waals surface area contributed by atoms with E-state index in [0.29, 0.717) is 5.56 Å². The van der Waals surface area contributed by atoms with E-state index in [9.17, 15) is 4.79 Å². The molecule has 0 saturated heterocycles. The number of hydrogen-bond donors (Lipinski definition) is 0. The third-order valence-electron chi connectivity index (χ3n) is 2.99. The third-order valence-corrected chi connectivity index (χ3v) is 2.99. The van der Waals surface area contributed by atoms with Crippen molar-refractivity contribution >= 4 is 5.78 Å². The summed E-state index contributed by atoms with van der Waals surface area (Å²) in [7, 11) is 0. The summed E-state index contributed by atoms with van der Waals surface area (Å²) < 4.78 is 0. The number of aromatic nitrogens is 1. The molecular weight excluding hydrogens is 198 g/mol. The summed E-state index contributed by atoms with van der Waals surface area (Å²) in [6, 6.07) is 1.90. The molecule has 0 spiro atoms. The van der Waals surface area contributed by atoms with Crippen LogP contribution < -0.4 is 0 Å². The molecule has 2 nitrogen and oxygen atoms in total. The molecule has 0 atom stereocenters. The van der Waals surface area contributed by atoms with Crippen LogP contribution in [0, 0.1) is 6.92 Å².